The molecule has 1 aromatic heterocycles. The van der Waals surface area contributed by atoms with Crippen molar-refractivity contribution in [3.63, 3.8) is 0 Å². The molecular weight excluding hydrogens is 415 g/mol. The monoisotopic (exact) mass is 434 g/mol. The molecule has 1 aromatic carbocycles. The predicted octanol–water partition coefficient (Wildman–Crippen LogP) is 3.43. The third-order valence-corrected chi connectivity index (χ3v) is 6.01. The molecule has 10 heteroatoms. The Morgan fingerprint density at radius 3 is 3.10 bits per heavy atom. The molecular formula is C19H19N2O6PS. The number of nitrogens with one attached hydrogen (secondary N) is 1. The van der Waals surface area contributed by atoms with E-state index >= 15 is 0 Å². The smallest absolute Gasteiger partial charge is 0.397 e. The van der Waals surface area contributed by atoms with E-state index in [1.54, 1.807) is 13.3 Å². The van der Waals surface area contributed by atoms with Crippen LogP contribution in [0.3, 0.4) is 0 Å². The Kier molecular flexibility index (Phi) is 5.99. The molecule has 0 saturated carbocycles. The summed E-state index contributed by atoms with van der Waals surface area (Å²) in [4.78, 5) is 14.8. The molecule has 0 radical (unpaired) electrons. The van der Waals surface area contributed by atoms with Crippen molar-refractivity contribution in [2.45, 2.75) is 31.8 Å². The lowest BCUT2D eigenvalue weighted by Gasteiger charge is -2.26. The molecule has 0 spiro atoms. The van der Waals surface area contributed by atoms with Gasteiger partial charge >= 0.3 is 14.3 Å². The van der Waals surface area contributed by atoms with E-state index in [9.17, 15) is 4.79 Å². The van der Waals surface area contributed by atoms with Crippen LogP contribution in [0, 0.1) is 17.0 Å². The summed E-state index contributed by atoms with van der Waals surface area (Å²) in [6.07, 6.45) is 7.73. The third kappa shape index (κ3) is 4.22. The second-order valence-corrected chi connectivity index (χ2v) is 8.03. The Hall–Kier alpha value is -2.21. The average Bonchev–Trinajstić information content (AvgIpc) is 3.20. The van der Waals surface area contributed by atoms with Gasteiger partial charge in [0, 0.05) is 11.8 Å². The lowest BCUT2D eigenvalue weighted by molar-refractivity contribution is -0.0229. The minimum atomic E-state index is -1.56. The number of rotatable bonds is 5. The quantitative estimate of drug-likeness (QED) is 0.439. The Labute approximate surface area is 173 Å². The van der Waals surface area contributed by atoms with Gasteiger partial charge in [-0.25, -0.2) is 4.79 Å². The van der Waals surface area contributed by atoms with Gasteiger partial charge in [-0.2, -0.15) is 0 Å². The highest BCUT2D eigenvalue weighted by atomic mass is 32.1. The molecule has 2 aromatic rings. The van der Waals surface area contributed by atoms with Gasteiger partial charge in [-0.3, -0.25) is 18.6 Å². The Morgan fingerprint density at radius 1 is 1.45 bits per heavy atom. The van der Waals surface area contributed by atoms with Gasteiger partial charge < -0.3 is 14.0 Å². The normalized spacial score (nSPS) is 23.1. The fraction of sp³-hybridized carbons (Fsp3) is 0.368. The standard InChI is InChI=1S/C19H19N2O6PS/c1-3-12-9-21(19(22)20-18(12)29)16-8-7-14(26-16)11-25-28-24-10-13-5-4-6-15(23-2)17(13)27-28/h1,4-6,9,14,16H,7-8,10-11H2,2H3,(H,20,22,29). The van der Waals surface area contributed by atoms with Gasteiger partial charge in [-0.1, -0.05) is 30.3 Å². The number of ether oxygens (including phenoxy) is 2. The Bertz CT molecular complexity index is 1050. The number of fused-ring (bicyclic) bond motifs is 1. The summed E-state index contributed by atoms with van der Waals surface area (Å²) >= 11 is 5.05. The maximum absolute atomic E-state index is 12.2. The van der Waals surface area contributed by atoms with Crippen LogP contribution in [0.25, 0.3) is 0 Å². The first-order valence-electron chi connectivity index (χ1n) is 8.96. The number of aromatic nitrogens is 2. The molecule has 0 amide bonds. The summed E-state index contributed by atoms with van der Waals surface area (Å²) < 4.78 is 30.3. The van der Waals surface area contributed by atoms with E-state index in [1.165, 1.54) is 4.57 Å². The van der Waals surface area contributed by atoms with Crippen molar-refractivity contribution in [1.29, 1.82) is 0 Å². The molecule has 1 N–H and O–H groups in total. The highest BCUT2D eigenvalue weighted by Crippen LogP contribution is 2.50. The van der Waals surface area contributed by atoms with Crippen molar-refractivity contribution in [1.82, 2.24) is 9.55 Å². The van der Waals surface area contributed by atoms with Crippen LogP contribution in [0.2, 0.25) is 0 Å². The number of aromatic amines is 1. The molecule has 152 valence electrons. The number of hydrogen-bond donors (Lipinski definition) is 1. The van der Waals surface area contributed by atoms with Crippen molar-refractivity contribution in [3.05, 3.63) is 50.6 Å². The van der Waals surface area contributed by atoms with E-state index in [2.05, 4.69) is 10.9 Å². The van der Waals surface area contributed by atoms with Gasteiger partial charge in [0.25, 0.3) is 0 Å². The summed E-state index contributed by atoms with van der Waals surface area (Å²) in [6, 6.07) is 5.63. The van der Waals surface area contributed by atoms with Crippen LogP contribution >= 0.6 is 20.8 Å². The fourth-order valence-corrected chi connectivity index (χ4v) is 4.45. The van der Waals surface area contributed by atoms with Gasteiger partial charge in [-0.15, -0.1) is 6.42 Å². The zero-order chi connectivity index (χ0) is 20.4. The van der Waals surface area contributed by atoms with Gasteiger partial charge in [0.2, 0.25) is 0 Å². The van der Waals surface area contributed by atoms with Gasteiger partial charge in [0.15, 0.2) is 11.5 Å². The van der Waals surface area contributed by atoms with Crippen LogP contribution in [0.15, 0.2) is 29.2 Å². The molecule has 0 bridgehead atoms. The predicted molar refractivity (Wildman–Crippen MR) is 108 cm³/mol. The van der Waals surface area contributed by atoms with E-state index in [1.807, 2.05) is 18.2 Å². The molecule has 3 heterocycles. The summed E-state index contributed by atoms with van der Waals surface area (Å²) in [6.45, 7) is 0.673. The van der Waals surface area contributed by atoms with Crippen LogP contribution in [0.1, 0.15) is 30.2 Å². The number of para-hydroxylation sites is 1. The molecule has 29 heavy (non-hydrogen) atoms. The summed E-state index contributed by atoms with van der Waals surface area (Å²) in [5.74, 6) is 3.75. The average molecular weight is 434 g/mol. The zero-order valence-electron chi connectivity index (χ0n) is 15.6. The number of hydrogen-bond acceptors (Lipinski definition) is 7. The van der Waals surface area contributed by atoms with Crippen molar-refractivity contribution >= 4 is 20.8 Å². The summed E-state index contributed by atoms with van der Waals surface area (Å²) in [5, 5.41) is 0. The van der Waals surface area contributed by atoms with E-state index in [4.69, 9.17) is 41.7 Å². The van der Waals surface area contributed by atoms with Gasteiger partial charge in [0.1, 0.15) is 10.9 Å². The van der Waals surface area contributed by atoms with Crippen molar-refractivity contribution in [3.8, 4) is 23.8 Å². The largest absolute Gasteiger partial charge is 0.493 e. The van der Waals surface area contributed by atoms with Crippen molar-refractivity contribution in [2.75, 3.05) is 13.7 Å². The molecule has 8 nitrogen and oxygen atoms in total. The van der Waals surface area contributed by atoms with E-state index in [0.717, 1.165) is 12.0 Å². The molecule has 2 aliphatic heterocycles. The molecule has 1 saturated heterocycles. The maximum atomic E-state index is 12.2. The molecule has 0 aliphatic carbocycles. The van der Waals surface area contributed by atoms with Crippen LogP contribution in [0.5, 0.6) is 11.5 Å². The Morgan fingerprint density at radius 2 is 2.31 bits per heavy atom. The van der Waals surface area contributed by atoms with Gasteiger partial charge in [0.05, 0.1) is 32.0 Å². The number of H-pyrrole nitrogens is 1. The van der Waals surface area contributed by atoms with Crippen LogP contribution < -0.4 is 15.0 Å². The molecule has 1 fully saturated rings. The minimum Gasteiger partial charge on any atom is -0.493 e. The number of methoxy groups -OCH3 is 1. The van der Waals surface area contributed by atoms with Crippen LogP contribution in [-0.2, 0) is 20.4 Å². The first kappa shape index (κ1) is 20.1. The molecule has 4 rings (SSSR count). The highest BCUT2D eigenvalue weighted by molar-refractivity contribution is 7.71. The summed E-state index contributed by atoms with van der Waals surface area (Å²) in [7, 11) is 0.0325. The minimum absolute atomic E-state index is 0.196. The number of benzene rings is 1. The third-order valence-electron chi connectivity index (χ3n) is 4.66. The second kappa shape index (κ2) is 8.66. The second-order valence-electron chi connectivity index (χ2n) is 6.48. The first-order chi connectivity index (χ1) is 14.1. The highest BCUT2D eigenvalue weighted by Gasteiger charge is 2.31. The number of nitrogens with zero attached hydrogens (tertiary/aromatic N) is 1. The lowest BCUT2D eigenvalue weighted by Crippen LogP contribution is -2.28. The van der Waals surface area contributed by atoms with Gasteiger partial charge in [-0.05, 0) is 18.9 Å². The topological polar surface area (TPSA) is 83.9 Å². The SMILES string of the molecule is C#Cc1cn(C2CCC(COP3OCc4cccc(OC)c4O3)O2)c(=O)[nH]c1=S. The fourth-order valence-electron chi connectivity index (χ4n) is 3.19. The molecule has 3 unspecified atom stereocenters. The van der Waals surface area contributed by atoms with E-state index < -0.39 is 14.8 Å². The van der Waals surface area contributed by atoms with E-state index in [-0.39, 0.29) is 23.0 Å². The van der Waals surface area contributed by atoms with Crippen LogP contribution in [0.4, 0.5) is 0 Å². The van der Waals surface area contributed by atoms with Crippen molar-refractivity contribution in [2.24, 2.45) is 0 Å². The maximum Gasteiger partial charge on any atom is 0.397 e. The van der Waals surface area contributed by atoms with Crippen molar-refractivity contribution < 1.29 is 23.0 Å². The zero-order valence-corrected chi connectivity index (χ0v) is 17.3. The Balaban J connectivity index is 1.37. The number of terminal acetylenes is 1. The molecule has 2 aliphatic rings. The lowest BCUT2D eigenvalue weighted by atomic mass is 10.2. The molecule has 3 atom stereocenters. The van der Waals surface area contributed by atoms with Crippen LogP contribution in [-0.4, -0.2) is 29.4 Å². The van der Waals surface area contributed by atoms with E-state index in [0.29, 0.717) is 30.1 Å². The summed E-state index contributed by atoms with van der Waals surface area (Å²) in [5.41, 5.74) is 1.00. The first-order valence-corrected chi connectivity index (χ1v) is 10.5.